The molecule has 2 rings (SSSR count). The van der Waals surface area contributed by atoms with E-state index in [4.69, 9.17) is 9.47 Å². The summed E-state index contributed by atoms with van der Waals surface area (Å²) in [7, 11) is 1.68. The highest BCUT2D eigenvalue weighted by Gasteiger charge is 2.37. The van der Waals surface area contributed by atoms with Crippen molar-refractivity contribution in [3.63, 3.8) is 0 Å². The van der Waals surface area contributed by atoms with Gasteiger partial charge >= 0.3 is 0 Å². The van der Waals surface area contributed by atoms with Crippen molar-refractivity contribution in [3.05, 3.63) is 23.8 Å². The molecule has 0 radical (unpaired) electrons. The Balaban J connectivity index is 2.07. The summed E-state index contributed by atoms with van der Waals surface area (Å²) < 4.78 is 10.6. The molecule has 0 aromatic heterocycles. The minimum atomic E-state index is -0.137. The molecule has 0 amide bonds. The second kappa shape index (κ2) is 5.80. The van der Waals surface area contributed by atoms with Crippen molar-refractivity contribution in [2.45, 2.75) is 19.8 Å². The quantitative estimate of drug-likeness (QED) is 0.828. The van der Waals surface area contributed by atoms with Gasteiger partial charge in [-0.25, -0.2) is 0 Å². The number of hydrogen-bond donors (Lipinski definition) is 2. The monoisotopic (exact) mass is 265 g/mol. The molecule has 0 aliphatic carbocycles. The lowest BCUT2D eigenvalue weighted by molar-refractivity contribution is -0.128. The number of aliphatic hydroxyl groups is 1. The van der Waals surface area contributed by atoms with Crippen LogP contribution < -0.4 is 10.1 Å². The van der Waals surface area contributed by atoms with Crippen LogP contribution in [0, 0.1) is 5.41 Å². The average Bonchev–Trinajstić information content (AvgIpc) is 2.37. The number of anilines is 1. The van der Waals surface area contributed by atoms with Gasteiger partial charge in [0.25, 0.3) is 0 Å². The smallest absolute Gasteiger partial charge is 0.142 e. The van der Waals surface area contributed by atoms with Crippen LogP contribution in [-0.2, 0) is 4.74 Å². The average molecular weight is 265 g/mol. The van der Waals surface area contributed by atoms with Gasteiger partial charge in [-0.15, -0.1) is 0 Å². The summed E-state index contributed by atoms with van der Waals surface area (Å²) >= 11 is 0. The highest BCUT2D eigenvalue weighted by molar-refractivity contribution is 5.58. The molecular weight excluding hydrogens is 242 g/mol. The van der Waals surface area contributed by atoms with Crippen LogP contribution in [0.1, 0.15) is 25.3 Å². The molecule has 0 unspecified atom stereocenters. The van der Waals surface area contributed by atoms with Gasteiger partial charge in [-0.3, -0.25) is 0 Å². The van der Waals surface area contributed by atoms with Crippen molar-refractivity contribution >= 4 is 5.69 Å². The SMILES string of the molecule is COc1cc(C(C)C)ccc1NCC1(CO)COC1. The maximum Gasteiger partial charge on any atom is 0.142 e. The summed E-state index contributed by atoms with van der Waals surface area (Å²) in [6.45, 7) is 6.39. The number of nitrogens with one attached hydrogen (secondary N) is 1. The molecule has 1 aliphatic heterocycles. The topological polar surface area (TPSA) is 50.7 Å². The van der Waals surface area contributed by atoms with Crippen LogP contribution in [0.5, 0.6) is 5.75 Å². The minimum Gasteiger partial charge on any atom is -0.495 e. The van der Waals surface area contributed by atoms with E-state index in [0.29, 0.717) is 25.7 Å². The molecule has 0 saturated carbocycles. The summed E-state index contributed by atoms with van der Waals surface area (Å²) in [4.78, 5) is 0. The standard InChI is InChI=1S/C15H23NO3/c1-11(2)12-4-5-13(14(6-12)18-3)16-7-15(8-17)9-19-10-15/h4-6,11,16-17H,7-10H2,1-3H3. The van der Waals surface area contributed by atoms with E-state index >= 15 is 0 Å². The molecule has 1 saturated heterocycles. The van der Waals surface area contributed by atoms with Gasteiger partial charge in [0, 0.05) is 6.54 Å². The first-order valence-electron chi connectivity index (χ1n) is 6.71. The summed E-state index contributed by atoms with van der Waals surface area (Å²) in [5, 5.41) is 12.8. The van der Waals surface area contributed by atoms with Crippen molar-refractivity contribution in [2.75, 3.05) is 38.8 Å². The second-order valence-electron chi connectivity index (χ2n) is 5.62. The molecule has 1 aromatic carbocycles. The zero-order chi connectivity index (χ0) is 13.9. The summed E-state index contributed by atoms with van der Waals surface area (Å²) in [6.07, 6.45) is 0. The Kier molecular flexibility index (Phi) is 4.32. The molecular formula is C15H23NO3. The second-order valence-corrected chi connectivity index (χ2v) is 5.62. The Morgan fingerprint density at radius 1 is 1.42 bits per heavy atom. The molecule has 4 nitrogen and oxygen atoms in total. The first kappa shape index (κ1) is 14.2. The third-order valence-corrected chi connectivity index (χ3v) is 3.70. The van der Waals surface area contributed by atoms with Crippen LogP contribution >= 0.6 is 0 Å². The van der Waals surface area contributed by atoms with E-state index < -0.39 is 0 Å². The fourth-order valence-electron chi connectivity index (χ4n) is 2.14. The van der Waals surface area contributed by atoms with E-state index in [1.54, 1.807) is 7.11 Å². The fraction of sp³-hybridized carbons (Fsp3) is 0.600. The molecule has 4 heteroatoms. The lowest BCUT2D eigenvalue weighted by Crippen LogP contribution is -2.50. The van der Waals surface area contributed by atoms with Crippen LogP contribution in [0.25, 0.3) is 0 Å². The number of aliphatic hydroxyl groups excluding tert-OH is 1. The van der Waals surface area contributed by atoms with Gasteiger partial charge in [0.05, 0.1) is 38.0 Å². The van der Waals surface area contributed by atoms with Crippen molar-refractivity contribution in [3.8, 4) is 5.75 Å². The zero-order valence-electron chi connectivity index (χ0n) is 11.9. The minimum absolute atomic E-state index is 0.137. The van der Waals surface area contributed by atoms with E-state index in [-0.39, 0.29) is 12.0 Å². The van der Waals surface area contributed by atoms with Gasteiger partial charge in [-0.2, -0.15) is 0 Å². The molecule has 1 aliphatic rings. The highest BCUT2D eigenvalue weighted by Crippen LogP contribution is 2.32. The number of ether oxygens (including phenoxy) is 2. The lowest BCUT2D eigenvalue weighted by atomic mass is 9.87. The molecule has 1 aromatic rings. The largest absolute Gasteiger partial charge is 0.495 e. The van der Waals surface area contributed by atoms with E-state index in [9.17, 15) is 5.11 Å². The first-order valence-corrected chi connectivity index (χ1v) is 6.71. The van der Waals surface area contributed by atoms with Crippen LogP contribution in [0.15, 0.2) is 18.2 Å². The van der Waals surface area contributed by atoms with Crippen LogP contribution in [-0.4, -0.2) is 38.6 Å². The van der Waals surface area contributed by atoms with Crippen LogP contribution in [0.2, 0.25) is 0 Å². The van der Waals surface area contributed by atoms with Crippen LogP contribution in [0.3, 0.4) is 0 Å². The molecule has 1 fully saturated rings. The predicted molar refractivity (Wildman–Crippen MR) is 75.9 cm³/mol. The van der Waals surface area contributed by atoms with E-state index in [2.05, 4.69) is 31.3 Å². The molecule has 0 atom stereocenters. The van der Waals surface area contributed by atoms with Crippen molar-refractivity contribution < 1.29 is 14.6 Å². The van der Waals surface area contributed by atoms with Gasteiger partial charge in [-0.05, 0) is 23.6 Å². The Hall–Kier alpha value is -1.26. The van der Waals surface area contributed by atoms with Gasteiger partial charge in [0.2, 0.25) is 0 Å². The Bertz CT molecular complexity index is 422. The molecule has 106 valence electrons. The summed E-state index contributed by atoms with van der Waals surface area (Å²) in [5.41, 5.74) is 2.08. The zero-order valence-corrected chi connectivity index (χ0v) is 11.9. The maximum absolute atomic E-state index is 9.41. The Morgan fingerprint density at radius 3 is 2.63 bits per heavy atom. The normalized spacial score (nSPS) is 17.1. The molecule has 2 N–H and O–H groups in total. The molecule has 0 bridgehead atoms. The lowest BCUT2D eigenvalue weighted by Gasteiger charge is -2.40. The third-order valence-electron chi connectivity index (χ3n) is 3.70. The molecule has 1 heterocycles. The van der Waals surface area contributed by atoms with Crippen LogP contribution in [0.4, 0.5) is 5.69 Å². The van der Waals surface area contributed by atoms with Gasteiger partial charge in [0.15, 0.2) is 0 Å². The molecule has 0 spiro atoms. The first-order chi connectivity index (χ1) is 9.10. The number of methoxy groups -OCH3 is 1. The Labute approximate surface area is 114 Å². The van der Waals surface area contributed by atoms with E-state index in [1.807, 2.05) is 6.07 Å². The predicted octanol–water partition coefficient (Wildman–Crippen LogP) is 2.24. The third kappa shape index (κ3) is 3.01. The van der Waals surface area contributed by atoms with Gasteiger partial charge in [-0.1, -0.05) is 19.9 Å². The number of benzene rings is 1. The van der Waals surface area contributed by atoms with Gasteiger partial charge in [0.1, 0.15) is 5.75 Å². The van der Waals surface area contributed by atoms with E-state index in [1.165, 1.54) is 5.56 Å². The Morgan fingerprint density at radius 2 is 2.16 bits per heavy atom. The van der Waals surface area contributed by atoms with Crippen molar-refractivity contribution in [1.29, 1.82) is 0 Å². The number of hydrogen-bond acceptors (Lipinski definition) is 4. The van der Waals surface area contributed by atoms with Gasteiger partial charge < -0.3 is 19.9 Å². The fourth-order valence-corrected chi connectivity index (χ4v) is 2.14. The van der Waals surface area contributed by atoms with E-state index in [0.717, 1.165) is 11.4 Å². The van der Waals surface area contributed by atoms with Crippen molar-refractivity contribution in [1.82, 2.24) is 0 Å². The highest BCUT2D eigenvalue weighted by atomic mass is 16.5. The molecule has 19 heavy (non-hydrogen) atoms. The summed E-state index contributed by atoms with van der Waals surface area (Å²) in [6, 6.07) is 6.22. The maximum atomic E-state index is 9.41. The van der Waals surface area contributed by atoms with Crippen molar-refractivity contribution in [2.24, 2.45) is 5.41 Å². The number of rotatable bonds is 6. The summed E-state index contributed by atoms with van der Waals surface area (Å²) in [5.74, 6) is 1.33.